The van der Waals surface area contributed by atoms with Crippen molar-refractivity contribution in [3.8, 4) is 0 Å². The Balaban J connectivity index is 3.62. The van der Waals surface area contributed by atoms with Crippen molar-refractivity contribution in [1.29, 1.82) is 0 Å². The molecule has 0 fully saturated rings. The highest BCUT2D eigenvalue weighted by atomic mass is 16.5. The molecule has 0 aromatic heterocycles. The van der Waals surface area contributed by atoms with E-state index in [0.717, 1.165) is 38.0 Å². The summed E-state index contributed by atoms with van der Waals surface area (Å²) in [5.74, 6) is -0.891. The average molecular weight is 596 g/mol. The standard InChI is InChI=1S/C36H69NO5/c1-4-5-6-7-8-9-16-19-22-25-28-34(38)37-33(36(40)41)29-30-35(39)42-31-26-23-20-17-14-12-10-11-13-15-18-21-24-27-32(2)3/h32-33H,4-31H2,1-3H3,(H,37,38)(H,40,41)/t33-/m0/s1. The Morgan fingerprint density at radius 1 is 0.571 bits per heavy atom. The van der Waals surface area contributed by atoms with E-state index in [0.29, 0.717) is 13.0 Å². The van der Waals surface area contributed by atoms with Crippen LogP contribution >= 0.6 is 0 Å². The van der Waals surface area contributed by atoms with Crippen LogP contribution in [0, 0.1) is 5.92 Å². The number of amides is 1. The van der Waals surface area contributed by atoms with Crippen molar-refractivity contribution in [3.63, 3.8) is 0 Å². The van der Waals surface area contributed by atoms with E-state index in [1.54, 1.807) is 0 Å². The molecule has 0 saturated carbocycles. The highest BCUT2D eigenvalue weighted by Crippen LogP contribution is 2.15. The summed E-state index contributed by atoms with van der Waals surface area (Å²) in [5.41, 5.74) is 0. The van der Waals surface area contributed by atoms with E-state index in [-0.39, 0.29) is 24.7 Å². The van der Waals surface area contributed by atoms with Crippen LogP contribution in [-0.2, 0) is 19.1 Å². The fourth-order valence-corrected chi connectivity index (χ4v) is 5.42. The maximum absolute atomic E-state index is 12.2. The van der Waals surface area contributed by atoms with Gasteiger partial charge in [0, 0.05) is 12.8 Å². The van der Waals surface area contributed by atoms with Crippen LogP contribution in [0.15, 0.2) is 0 Å². The molecule has 1 amide bonds. The van der Waals surface area contributed by atoms with Gasteiger partial charge in [-0.25, -0.2) is 4.79 Å². The Hall–Kier alpha value is -1.59. The number of nitrogens with one attached hydrogen (secondary N) is 1. The van der Waals surface area contributed by atoms with Crippen LogP contribution < -0.4 is 5.32 Å². The lowest BCUT2D eigenvalue weighted by Gasteiger charge is -2.14. The van der Waals surface area contributed by atoms with E-state index in [1.807, 2.05) is 0 Å². The molecule has 0 aliphatic heterocycles. The molecular formula is C36H69NO5. The van der Waals surface area contributed by atoms with Gasteiger partial charge in [-0.05, 0) is 25.2 Å². The van der Waals surface area contributed by atoms with Crippen LogP contribution in [0.5, 0.6) is 0 Å². The molecule has 0 radical (unpaired) electrons. The SMILES string of the molecule is CCCCCCCCCCCCC(=O)N[C@@H](CCC(=O)OCCCCCCCCCCCCCCCC(C)C)C(=O)O. The summed E-state index contributed by atoms with van der Waals surface area (Å²) in [4.78, 5) is 35.8. The van der Waals surface area contributed by atoms with Crippen LogP contribution in [0.1, 0.15) is 194 Å². The fraction of sp³-hybridized carbons (Fsp3) is 0.917. The summed E-state index contributed by atoms with van der Waals surface area (Å²) < 4.78 is 5.29. The molecule has 6 nitrogen and oxygen atoms in total. The molecule has 0 aliphatic rings. The van der Waals surface area contributed by atoms with E-state index in [4.69, 9.17) is 4.74 Å². The number of unbranched alkanes of at least 4 members (excludes halogenated alkanes) is 21. The normalized spacial score (nSPS) is 12.0. The maximum atomic E-state index is 12.2. The van der Waals surface area contributed by atoms with E-state index in [2.05, 4.69) is 26.1 Å². The molecule has 0 rings (SSSR count). The van der Waals surface area contributed by atoms with E-state index < -0.39 is 12.0 Å². The predicted molar refractivity (Wildman–Crippen MR) is 176 cm³/mol. The number of carbonyl (C=O) groups is 3. The summed E-state index contributed by atoms with van der Waals surface area (Å²) in [6.45, 7) is 7.23. The number of rotatable bonds is 32. The quantitative estimate of drug-likeness (QED) is 0.0596. The molecule has 2 N–H and O–H groups in total. The summed E-state index contributed by atoms with van der Waals surface area (Å²) in [6, 6.07) is -1.04. The largest absolute Gasteiger partial charge is 0.480 e. The monoisotopic (exact) mass is 596 g/mol. The molecule has 248 valence electrons. The lowest BCUT2D eigenvalue weighted by atomic mass is 10.0. The van der Waals surface area contributed by atoms with Crippen molar-refractivity contribution in [1.82, 2.24) is 5.32 Å². The van der Waals surface area contributed by atoms with Crippen molar-refractivity contribution < 1.29 is 24.2 Å². The highest BCUT2D eigenvalue weighted by molar-refractivity contribution is 5.84. The first-order valence-corrected chi connectivity index (χ1v) is 18.0. The molecule has 42 heavy (non-hydrogen) atoms. The third-order valence-corrected chi connectivity index (χ3v) is 8.22. The van der Waals surface area contributed by atoms with E-state index in [9.17, 15) is 19.5 Å². The van der Waals surface area contributed by atoms with Crippen molar-refractivity contribution in [2.24, 2.45) is 5.92 Å². The minimum atomic E-state index is -1.10. The topological polar surface area (TPSA) is 92.7 Å². The van der Waals surface area contributed by atoms with E-state index >= 15 is 0 Å². The van der Waals surface area contributed by atoms with Gasteiger partial charge >= 0.3 is 11.9 Å². The number of aliphatic carboxylic acids is 1. The summed E-state index contributed by atoms with van der Waals surface area (Å²) in [5, 5.41) is 12.0. The number of hydrogen-bond donors (Lipinski definition) is 2. The van der Waals surface area contributed by atoms with Gasteiger partial charge in [-0.15, -0.1) is 0 Å². The zero-order valence-electron chi connectivity index (χ0n) is 28.0. The van der Waals surface area contributed by atoms with Crippen LogP contribution in [0.25, 0.3) is 0 Å². The van der Waals surface area contributed by atoms with Gasteiger partial charge in [0.05, 0.1) is 6.61 Å². The van der Waals surface area contributed by atoms with Gasteiger partial charge in [0.15, 0.2) is 0 Å². The maximum Gasteiger partial charge on any atom is 0.326 e. The molecule has 0 heterocycles. The molecule has 0 spiro atoms. The third kappa shape index (κ3) is 29.9. The van der Waals surface area contributed by atoms with Gasteiger partial charge in [0.1, 0.15) is 6.04 Å². The van der Waals surface area contributed by atoms with Crippen molar-refractivity contribution in [2.75, 3.05) is 6.61 Å². The summed E-state index contributed by atoms with van der Waals surface area (Å²) in [6.07, 6.45) is 30.2. The van der Waals surface area contributed by atoms with Crippen LogP contribution in [-0.4, -0.2) is 35.6 Å². The smallest absolute Gasteiger partial charge is 0.326 e. The van der Waals surface area contributed by atoms with Crippen molar-refractivity contribution in [3.05, 3.63) is 0 Å². The molecular weight excluding hydrogens is 526 g/mol. The molecule has 0 bridgehead atoms. The van der Waals surface area contributed by atoms with Gasteiger partial charge in [-0.1, -0.05) is 162 Å². The first-order chi connectivity index (χ1) is 20.4. The van der Waals surface area contributed by atoms with Gasteiger partial charge in [0.2, 0.25) is 5.91 Å². The second kappa shape index (κ2) is 30.9. The Labute approximate surface area is 259 Å². The average Bonchev–Trinajstić information content (AvgIpc) is 2.95. The van der Waals surface area contributed by atoms with Gasteiger partial charge < -0.3 is 15.2 Å². The first-order valence-electron chi connectivity index (χ1n) is 18.0. The van der Waals surface area contributed by atoms with Crippen molar-refractivity contribution >= 4 is 17.8 Å². The molecule has 0 aromatic rings. The van der Waals surface area contributed by atoms with Crippen LogP contribution in [0.2, 0.25) is 0 Å². The number of ether oxygens (including phenoxy) is 1. The molecule has 0 aromatic carbocycles. The highest BCUT2D eigenvalue weighted by Gasteiger charge is 2.21. The second-order valence-electron chi connectivity index (χ2n) is 12.9. The van der Waals surface area contributed by atoms with Gasteiger partial charge in [-0.2, -0.15) is 0 Å². The third-order valence-electron chi connectivity index (χ3n) is 8.22. The first kappa shape index (κ1) is 40.4. The second-order valence-corrected chi connectivity index (χ2v) is 12.9. The number of carboxylic acid groups (broad SMARTS) is 1. The predicted octanol–water partition coefficient (Wildman–Crippen LogP) is 10.3. The molecule has 0 saturated heterocycles. The zero-order chi connectivity index (χ0) is 31.1. The van der Waals surface area contributed by atoms with Gasteiger partial charge in [0.25, 0.3) is 0 Å². The lowest BCUT2D eigenvalue weighted by molar-refractivity contribution is -0.145. The zero-order valence-corrected chi connectivity index (χ0v) is 28.0. The van der Waals surface area contributed by atoms with Crippen molar-refractivity contribution in [2.45, 2.75) is 200 Å². The van der Waals surface area contributed by atoms with Crippen LogP contribution in [0.4, 0.5) is 0 Å². The molecule has 0 unspecified atom stereocenters. The molecule has 6 heteroatoms. The number of carbonyl (C=O) groups excluding carboxylic acids is 2. The Morgan fingerprint density at radius 2 is 1.00 bits per heavy atom. The minimum absolute atomic E-state index is 0.00739. The lowest BCUT2D eigenvalue weighted by Crippen LogP contribution is -2.41. The number of carboxylic acids is 1. The minimum Gasteiger partial charge on any atom is -0.480 e. The Kier molecular flexibility index (Phi) is 29.7. The van der Waals surface area contributed by atoms with E-state index in [1.165, 1.54) is 122 Å². The summed E-state index contributed by atoms with van der Waals surface area (Å²) in [7, 11) is 0. The van der Waals surface area contributed by atoms with Crippen LogP contribution in [0.3, 0.4) is 0 Å². The Morgan fingerprint density at radius 3 is 1.45 bits per heavy atom. The van der Waals surface area contributed by atoms with Gasteiger partial charge in [-0.3, -0.25) is 9.59 Å². The molecule has 0 aliphatic carbocycles. The fourth-order valence-electron chi connectivity index (χ4n) is 5.42. The molecule has 1 atom stereocenters. The summed E-state index contributed by atoms with van der Waals surface area (Å²) >= 11 is 0. The Bertz CT molecular complexity index is 636. The number of hydrogen-bond acceptors (Lipinski definition) is 4. The number of esters is 1.